The second kappa shape index (κ2) is 9.24. The quantitative estimate of drug-likeness (QED) is 0.169. The maximum atomic E-state index is 13.0. The number of methoxy groups -OCH3 is 1. The fourth-order valence-electron chi connectivity index (χ4n) is 5.97. The number of benzene rings is 4. The van der Waals surface area contributed by atoms with Gasteiger partial charge in [-0.25, -0.2) is 4.98 Å². The minimum atomic E-state index is -0.0631. The van der Waals surface area contributed by atoms with Gasteiger partial charge in [-0.05, 0) is 55.8 Å². The van der Waals surface area contributed by atoms with Crippen LogP contribution < -0.4 is 0 Å². The number of para-hydroxylation sites is 4. The van der Waals surface area contributed by atoms with Gasteiger partial charge in [0, 0.05) is 21.5 Å². The lowest BCUT2D eigenvalue weighted by Gasteiger charge is -2.16. The van der Waals surface area contributed by atoms with Crippen LogP contribution in [0.1, 0.15) is 19.4 Å². The summed E-state index contributed by atoms with van der Waals surface area (Å²) in [5.41, 5.74) is 5.51. The number of allylic oxidation sites excluding steroid dienone is 2. The molecule has 4 aromatic carbocycles. The molecule has 0 N–H and O–H groups in total. The monoisotopic (exact) mass is 521 g/mol. The largest absolute Gasteiger partial charge is 0.501 e. The van der Waals surface area contributed by atoms with Crippen molar-refractivity contribution >= 4 is 55.0 Å². The van der Waals surface area contributed by atoms with E-state index >= 15 is 0 Å². The second-order valence-electron chi connectivity index (χ2n) is 10.0. The summed E-state index contributed by atoms with van der Waals surface area (Å²) in [6.45, 7) is 3.41. The molecule has 0 bridgehead atoms. The number of ether oxygens (including phenoxy) is 1. The molecule has 0 unspecified atom stereocenters. The molecule has 0 radical (unpaired) electrons. The van der Waals surface area contributed by atoms with Crippen LogP contribution in [0.4, 0.5) is 0 Å². The van der Waals surface area contributed by atoms with E-state index in [1.165, 1.54) is 0 Å². The Morgan fingerprint density at radius 1 is 0.600 bits per heavy atom. The van der Waals surface area contributed by atoms with Crippen molar-refractivity contribution < 1.29 is 9.53 Å². The van der Waals surface area contributed by atoms with Gasteiger partial charge >= 0.3 is 0 Å². The Balaban J connectivity index is 1.64. The number of carbonyl (C=O) groups is 1. The van der Waals surface area contributed by atoms with Crippen molar-refractivity contribution in [1.29, 1.82) is 0 Å². The third-order valence-corrected chi connectivity index (χ3v) is 7.72. The van der Waals surface area contributed by atoms with Crippen molar-refractivity contribution in [3.05, 3.63) is 121 Å². The Bertz CT molecular complexity index is 1910. The zero-order chi connectivity index (χ0) is 27.4. The molecule has 194 valence electrons. The van der Waals surface area contributed by atoms with Crippen LogP contribution in [0.3, 0.4) is 0 Å². The second-order valence-corrected chi connectivity index (χ2v) is 10.0. The summed E-state index contributed by atoms with van der Waals surface area (Å²) in [6, 6.07) is 37.5. The lowest BCUT2D eigenvalue weighted by Crippen LogP contribution is -2.08. The third kappa shape index (κ3) is 3.55. The lowest BCUT2D eigenvalue weighted by atomic mass is 10.0. The molecular formula is C35H27N3O2. The van der Waals surface area contributed by atoms with Gasteiger partial charge in [-0.3, -0.25) is 13.9 Å². The van der Waals surface area contributed by atoms with E-state index in [4.69, 9.17) is 9.72 Å². The average molecular weight is 522 g/mol. The molecule has 5 nitrogen and oxygen atoms in total. The van der Waals surface area contributed by atoms with Gasteiger partial charge in [-0.15, -0.1) is 0 Å². The Hall–Kier alpha value is -5.16. The van der Waals surface area contributed by atoms with E-state index in [0.29, 0.717) is 11.3 Å². The van der Waals surface area contributed by atoms with Crippen LogP contribution in [-0.4, -0.2) is 27.0 Å². The summed E-state index contributed by atoms with van der Waals surface area (Å²) in [5, 5.41) is 4.61. The smallest absolute Gasteiger partial charge is 0.163 e. The van der Waals surface area contributed by atoms with Crippen molar-refractivity contribution in [3.8, 4) is 11.6 Å². The Morgan fingerprint density at radius 3 is 1.27 bits per heavy atom. The number of carbonyl (C=O) groups excluding carboxylic acids is 1. The lowest BCUT2D eigenvalue weighted by molar-refractivity contribution is -0.111. The highest BCUT2D eigenvalue weighted by Crippen LogP contribution is 2.36. The molecule has 7 rings (SSSR count). The fourth-order valence-corrected chi connectivity index (χ4v) is 5.97. The van der Waals surface area contributed by atoms with Gasteiger partial charge in [0.15, 0.2) is 5.78 Å². The van der Waals surface area contributed by atoms with Gasteiger partial charge in [0.2, 0.25) is 0 Å². The van der Waals surface area contributed by atoms with E-state index in [-0.39, 0.29) is 5.78 Å². The summed E-state index contributed by atoms with van der Waals surface area (Å²) in [6.07, 6.45) is 0. The highest BCUT2D eigenvalue weighted by molar-refractivity contribution is 6.20. The first kappa shape index (κ1) is 23.9. The van der Waals surface area contributed by atoms with Crippen LogP contribution in [-0.2, 0) is 9.53 Å². The third-order valence-electron chi connectivity index (χ3n) is 7.72. The predicted molar refractivity (Wildman–Crippen MR) is 163 cm³/mol. The van der Waals surface area contributed by atoms with Gasteiger partial charge in [-0.2, -0.15) is 0 Å². The number of nitrogens with zero attached hydrogens (tertiary/aromatic N) is 3. The number of fused-ring (bicyclic) bond motifs is 6. The van der Waals surface area contributed by atoms with E-state index < -0.39 is 0 Å². The van der Waals surface area contributed by atoms with Crippen LogP contribution in [0.2, 0.25) is 0 Å². The van der Waals surface area contributed by atoms with Crippen LogP contribution in [0.15, 0.2) is 115 Å². The number of hydrogen-bond donors (Lipinski definition) is 0. The van der Waals surface area contributed by atoms with E-state index in [2.05, 4.69) is 81.9 Å². The van der Waals surface area contributed by atoms with Gasteiger partial charge in [0.25, 0.3) is 0 Å². The fraction of sp³-hybridized carbons (Fsp3) is 0.0857. The van der Waals surface area contributed by atoms with Gasteiger partial charge in [0.05, 0.1) is 34.7 Å². The first-order chi connectivity index (χ1) is 19.6. The summed E-state index contributed by atoms with van der Waals surface area (Å²) in [7, 11) is 1.60. The van der Waals surface area contributed by atoms with Crippen molar-refractivity contribution in [1.82, 2.24) is 14.1 Å². The number of hydrogen-bond acceptors (Lipinski definition) is 3. The standard InChI is InChI=1S/C35H27N3O2/c1-22(39)35(23(2)40-3)24-20-33(37-29-16-8-4-12-25(29)26-13-5-9-17-30(26)37)36-34(21-24)38-31-18-10-6-14-27(31)28-15-7-11-19-32(28)38/h4-21H,1-3H3/b35-23+. The summed E-state index contributed by atoms with van der Waals surface area (Å²) >= 11 is 0. The Morgan fingerprint density at radius 2 is 0.950 bits per heavy atom. The van der Waals surface area contributed by atoms with E-state index in [1.807, 2.05) is 43.3 Å². The topological polar surface area (TPSA) is 49.1 Å². The minimum absolute atomic E-state index is 0.0631. The average Bonchev–Trinajstić information content (AvgIpc) is 3.50. The maximum Gasteiger partial charge on any atom is 0.163 e. The highest BCUT2D eigenvalue weighted by Gasteiger charge is 2.21. The molecule has 0 aliphatic heterocycles. The van der Waals surface area contributed by atoms with Crippen LogP contribution in [0, 0.1) is 0 Å². The van der Waals surface area contributed by atoms with Crippen LogP contribution in [0.5, 0.6) is 0 Å². The highest BCUT2D eigenvalue weighted by atomic mass is 16.5. The van der Waals surface area contributed by atoms with Gasteiger partial charge in [0.1, 0.15) is 17.4 Å². The SMILES string of the molecule is CO/C(C)=C(\C(C)=O)c1cc(-n2c3ccccc3c3ccccc32)nc(-n2c3ccccc3c3ccccc32)c1. The van der Waals surface area contributed by atoms with E-state index in [9.17, 15) is 4.79 Å². The van der Waals surface area contributed by atoms with Gasteiger partial charge in [-0.1, -0.05) is 72.8 Å². The van der Waals surface area contributed by atoms with E-state index in [1.54, 1.807) is 14.0 Å². The molecule has 0 aliphatic rings. The van der Waals surface area contributed by atoms with Crippen molar-refractivity contribution in [3.63, 3.8) is 0 Å². The van der Waals surface area contributed by atoms with Crippen LogP contribution >= 0.6 is 0 Å². The first-order valence-corrected chi connectivity index (χ1v) is 13.3. The molecule has 0 spiro atoms. The number of ketones is 1. The molecule has 0 fully saturated rings. The summed E-state index contributed by atoms with van der Waals surface area (Å²) < 4.78 is 9.97. The van der Waals surface area contributed by atoms with Crippen molar-refractivity contribution in [2.75, 3.05) is 7.11 Å². The van der Waals surface area contributed by atoms with Crippen LogP contribution in [0.25, 0.3) is 60.8 Å². The first-order valence-electron chi connectivity index (χ1n) is 13.3. The molecule has 3 heterocycles. The number of pyridine rings is 1. The molecule has 3 aromatic heterocycles. The minimum Gasteiger partial charge on any atom is -0.501 e. The zero-order valence-electron chi connectivity index (χ0n) is 22.6. The maximum absolute atomic E-state index is 13.0. The molecule has 5 heteroatoms. The number of aromatic nitrogens is 3. The van der Waals surface area contributed by atoms with Gasteiger partial charge < -0.3 is 4.74 Å². The molecular weight excluding hydrogens is 494 g/mol. The Labute approximate surface area is 231 Å². The molecule has 0 saturated heterocycles. The molecule has 7 aromatic rings. The molecule has 0 amide bonds. The zero-order valence-corrected chi connectivity index (χ0v) is 22.6. The molecule has 0 saturated carbocycles. The van der Waals surface area contributed by atoms with Crippen molar-refractivity contribution in [2.24, 2.45) is 0 Å². The molecule has 0 aliphatic carbocycles. The molecule has 0 atom stereocenters. The normalized spacial score (nSPS) is 12.4. The van der Waals surface area contributed by atoms with E-state index in [0.717, 1.165) is 60.8 Å². The number of rotatable bonds is 5. The van der Waals surface area contributed by atoms with Crippen molar-refractivity contribution in [2.45, 2.75) is 13.8 Å². The summed E-state index contributed by atoms with van der Waals surface area (Å²) in [5.74, 6) is 1.97. The summed E-state index contributed by atoms with van der Waals surface area (Å²) in [4.78, 5) is 18.3. The molecule has 40 heavy (non-hydrogen) atoms. The predicted octanol–water partition coefficient (Wildman–Crippen LogP) is 8.24. The number of Topliss-reactive ketones (excluding diaryl/α,β-unsaturated/α-hetero) is 1. The Kier molecular flexibility index (Phi) is 5.53.